The van der Waals surface area contributed by atoms with E-state index in [0.29, 0.717) is 11.9 Å². The number of carboxylic acid groups (broad SMARTS) is 1. The van der Waals surface area contributed by atoms with E-state index in [0.717, 1.165) is 44.9 Å². The minimum Gasteiger partial charge on any atom is -0.481 e. The second kappa shape index (κ2) is 8.09. The molecular formula is C21H35NO3. The fraction of sp³-hybridized carbons (Fsp3) is 0.905. The Hall–Kier alpha value is -1.06. The molecule has 0 spiro atoms. The lowest BCUT2D eigenvalue weighted by Gasteiger charge is -2.14. The van der Waals surface area contributed by atoms with Gasteiger partial charge < -0.3 is 10.4 Å². The van der Waals surface area contributed by atoms with Gasteiger partial charge in [-0.1, -0.05) is 51.4 Å². The number of carboxylic acids is 1. The highest BCUT2D eigenvalue weighted by molar-refractivity contribution is 5.85. The van der Waals surface area contributed by atoms with Crippen LogP contribution in [0.15, 0.2) is 0 Å². The summed E-state index contributed by atoms with van der Waals surface area (Å²) < 4.78 is 0. The van der Waals surface area contributed by atoms with Crippen LogP contribution in [-0.4, -0.2) is 23.0 Å². The number of hydrogen-bond acceptors (Lipinski definition) is 2. The number of nitrogens with one attached hydrogen (secondary N) is 1. The van der Waals surface area contributed by atoms with Crippen molar-refractivity contribution < 1.29 is 14.7 Å². The summed E-state index contributed by atoms with van der Waals surface area (Å²) in [7, 11) is 0. The molecule has 0 saturated heterocycles. The van der Waals surface area contributed by atoms with Gasteiger partial charge in [-0.3, -0.25) is 9.59 Å². The summed E-state index contributed by atoms with van der Waals surface area (Å²) in [6, 6.07) is 0.496. The number of carbonyl (C=O) groups excluding carboxylic acids is 1. The van der Waals surface area contributed by atoms with Crippen molar-refractivity contribution in [1.82, 2.24) is 5.32 Å². The normalized spacial score (nSPS) is 22.4. The molecule has 0 bridgehead atoms. The van der Waals surface area contributed by atoms with Crippen LogP contribution in [0.5, 0.6) is 0 Å². The molecule has 1 amide bonds. The molecule has 0 atom stereocenters. The molecule has 3 rings (SSSR count). The Balaban J connectivity index is 1.12. The Morgan fingerprint density at radius 1 is 0.760 bits per heavy atom. The zero-order valence-corrected chi connectivity index (χ0v) is 15.7. The molecule has 0 unspecified atom stereocenters. The molecule has 3 fully saturated rings. The number of rotatable bonds is 14. The van der Waals surface area contributed by atoms with Crippen LogP contribution in [0, 0.1) is 10.8 Å². The first-order valence-electron chi connectivity index (χ1n) is 10.6. The molecule has 3 aliphatic carbocycles. The molecule has 142 valence electrons. The molecule has 4 heteroatoms. The van der Waals surface area contributed by atoms with E-state index in [4.69, 9.17) is 5.11 Å². The summed E-state index contributed by atoms with van der Waals surface area (Å²) in [4.78, 5) is 23.3. The average molecular weight is 350 g/mol. The smallest absolute Gasteiger partial charge is 0.309 e. The van der Waals surface area contributed by atoms with Crippen LogP contribution in [0.3, 0.4) is 0 Å². The van der Waals surface area contributed by atoms with E-state index < -0.39 is 5.97 Å². The fourth-order valence-corrected chi connectivity index (χ4v) is 4.02. The maximum atomic E-state index is 12.2. The number of aliphatic carboxylic acids is 1. The number of unbranched alkanes of at least 4 members (excludes halogenated alkanes) is 7. The SMILES string of the molecule is O=C(O)C1(CCCCCCCCCCC2(C(=O)NC3CC3)CC2)CC1. The molecule has 0 heterocycles. The third-order valence-electron chi connectivity index (χ3n) is 6.62. The Morgan fingerprint density at radius 3 is 1.60 bits per heavy atom. The van der Waals surface area contributed by atoms with Crippen molar-refractivity contribution in [2.75, 3.05) is 0 Å². The van der Waals surface area contributed by atoms with Gasteiger partial charge in [0.2, 0.25) is 5.91 Å². The molecule has 4 nitrogen and oxygen atoms in total. The van der Waals surface area contributed by atoms with Crippen LogP contribution in [0.25, 0.3) is 0 Å². The fourth-order valence-electron chi connectivity index (χ4n) is 4.02. The highest BCUT2D eigenvalue weighted by Crippen LogP contribution is 2.51. The quantitative estimate of drug-likeness (QED) is 0.442. The van der Waals surface area contributed by atoms with E-state index in [1.165, 1.54) is 57.8 Å². The first-order valence-corrected chi connectivity index (χ1v) is 10.6. The highest BCUT2D eigenvalue weighted by Gasteiger charge is 2.50. The van der Waals surface area contributed by atoms with Gasteiger partial charge in [0.25, 0.3) is 0 Å². The molecule has 0 aromatic rings. The van der Waals surface area contributed by atoms with Gasteiger partial charge in [-0.05, 0) is 51.4 Å². The first-order chi connectivity index (χ1) is 12.1. The molecule has 3 aliphatic rings. The van der Waals surface area contributed by atoms with Gasteiger partial charge in [0.1, 0.15) is 0 Å². The maximum Gasteiger partial charge on any atom is 0.309 e. The predicted octanol–water partition coefficient (Wildman–Crippen LogP) is 4.81. The third kappa shape index (κ3) is 5.46. The van der Waals surface area contributed by atoms with Crippen LogP contribution < -0.4 is 5.32 Å². The van der Waals surface area contributed by atoms with Gasteiger partial charge in [0.05, 0.1) is 5.41 Å². The van der Waals surface area contributed by atoms with Crippen molar-refractivity contribution in [3.05, 3.63) is 0 Å². The van der Waals surface area contributed by atoms with E-state index in [-0.39, 0.29) is 10.8 Å². The van der Waals surface area contributed by atoms with Gasteiger partial charge in [0.15, 0.2) is 0 Å². The highest BCUT2D eigenvalue weighted by atomic mass is 16.4. The summed E-state index contributed by atoms with van der Waals surface area (Å²) in [5.74, 6) is -0.239. The monoisotopic (exact) mass is 349 g/mol. The Morgan fingerprint density at radius 2 is 1.20 bits per heavy atom. The molecule has 3 saturated carbocycles. The van der Waals surface area contributed by atoms with Gasteiger partial charge >= 0.3 is 5.97 Å². The largest absolute Gasteiger partial charge is 0.481 e. The van der Waals surface area contributed by atoms with Crippen LogP contribution in [-0.2, 0) is 9.59 Å². The van der Waals surface area contributed by atoms with Crippen molar-refractivity contribution in [1.29, 1.82) is 0 Å². The van der Waals surface area contributed by atoms with E-state index in [1.807, 2.05) is 0 Å². The second-order valence-corrected chi connectivity index (χ2v) is 8.94. The van der Waals surface area contributed by atoms with E-state index >= 15 is 0 Å². The maximum absolute atomic E-state index is 12.2. The van der Waals surface area contributed by atoms with Crippen molar-refractivity contribution >= 4 is 11.9 Å². The summed E-state index contributed by atoms with van der Waals surface area (Å²) in [5.41, 5.74) is -0.309. The van der Waals surface area contributed by atoms with E-state index in [9.17, 15) is 9.59 Å². The topological polar surface area (TPSA) is 66.4 Å². The first kappa shape index (κ1) is 18.7. The lowest BCUT2D eigenvalue weighted by Crippen LogP contribution is -2.33. The lowest BCUT2D eigenvalue weighted by molar-refractivity contribution is -0.143. The average Bonchev–Trinajstić information content (AvgIpc) is 3.44. The van der Waals surface area contributed by atoms with E-state index in [2.05, 4.69) is 5.32 Å². The molecular weight excluding hydrogens is 314 g/mol. The van der Waals surface area contributed by atoms with E-state index in [1.54, 1.807) is 0 Å². The summed E-state index contributed by atoms with van der Waals surface area (Å²) in [5, 5.41) is 12.3. The van der Waals surface area contributed by atoms with Crippen LogP contribution >= 0.6 is 0 Å². The Bertz CT molecular complexity index is 476. The molecule has 0 aliphatic heterocycles. The van der Waals surface area contributed by atoms with Gasteiger partial charge in [0, 0.05) is 11.5 Å². The third-order valence-corrected chi connectivity index (χ3v) is 6.62. The standard InChI is InChI=1S/C21H35NO3/c23-18(22-17-9-10-17)20(13-14-20)11-7-5-3-1-2-4-6-8-12-21(15-16-21)19(24)25/h17H,1-16H2,(H,22,23)(H,24,25). The summed E-state index contributed by atoms with van der Waals surface area (Å²) in [6.45, 7) is 0. The molecule has 2 N–H and O–H groups in total. The zero-order valence-electron chi connectivity index (χ0n) is 15.7. The molecule has 0 radical (unpaired) electrons. The number of carbonyl (C=O) groups is 2. The van der Waals surface area contributed by atoms with Crippen LogP contribution in [0.1, 0.15) is 103 Å². The van der Waals surface area contributed by atoms with Gasteiger partial charge in [-0.25, -0.2) is 0 Å². The molecule has 25 heavy (non-hydrogen) atoms. The minimum atomic E-state index is -0.577. The van der Waals surface area contributed by atoms with Crippen molar-refractivity contribution in [3.8, 4) is 0 Å². The molecule has 0 aromatic heterocycles. The van der Waals surface area contributed by atoms with Crippen LogP contribution in [0.2, 0.25) is 0 Å². The Kier molecular flexibility index (Phi) is 6.06. The van der Waals surface area contributed by atoms with Gasteiger partial charge in [-0.15, -0.1) is 0 Å². The van der Waals surface area contributed by atoms with Gasteiger partial charge in [-0.2, -0.15) is 0 Å². The summed E-state index contributed by atoms with van der Waals surface area (Å²) in [6.07, 6.45) is 18.1. The van der Waals surface area contributed by atoms with Crippen molar-refractivity contribution in [2.24, 2.45) is 10.8 Å². The lowest BCUT2D eigenvalue weighted by atomic mass is 9.96. The number of amides is 1. The summed E-state index contributed by atoms with van der Waals surface area (Å²) >= 11 is 0. The molecule has 0 aromatic carbocycles. The van der Waals surface area contributed by atoms with Crippen molar-refractivity contribution in [2.45, 2.75) is 109 Å². The predicted molar refractivity (Wildman–Crippen MR) is 98.3 cm³/mol. The zero-order chi connectivity index (χ0) is 17.8. The Labute approximate surface area is 152 Å². The minimum absolute atomic E-state index is 0.0193. The van der Waals surface area contributed by atoms with Crippen molar-refractivity contribution in [3.63, 3.8) is 0 Å². The van der Waals surface area contributed by atoms with Crippen LogP contribution in [0.4, 0.5) is 0 Å². The number of hydrogen-bond donors (Lipinski definition) is 2. The second-order valence-electron chi connectivity index (χ2n) is 8.94.